The average Bonchev–Trinajstić information content (AvgIpc) is 3.68. The maximum Gasteiger partial charge on any atom is 0.254 e. The number of aromatic nitrogens is 3. The number of hydrogen-bond donors (Lipinski definition) is 3. The molecule has 2 aliphatic rings. The molecule has 44 heavy (non-hydrogen) atoms. The number of benzene rings is 1. The molecule has 1 amide bonds. The Morgan fingerprint density at radius 1 is 1.14 bits per heavy atom. The summed E-state index contributed by atoms with van der Waals surface area (Å²) in [6.07, 6.45) is 6.63. The second-order valence-electron chi connectivity index (χ2n) is 12.4. The predicted octanol–water partition coefficient (Wildman–Crippen LogP) is 6.88. The first-order valence-electron chi connectivity index (χ1n) is 15.1. The minimum atomic E-state index is -0.798. The number of nitrogens with one attached hydrogen (secondary N) is 2. The van der Waals surface area contributed by atoms with Crippen LogP contribution in [-0.2, 0) is 31.4 Å². The van der Waals surface area contributed by atoms with Gasteiger partial charge in [-0.3, -0.25) is 14.8 Å². The molecule has 7 nitrogen and oxygen atoms in total. The molecule has 0 radical (unpaired) electrons. The van der Waals surface area contributed by atoms with Crippen molar-refractivity contribution < 1.29 is 14.3 Å². The molecule has 5 aromatic rings. The Morgan fingerprint density at radius 3 is 2.73 bits per heavy atom. The number of amides is 1. The van der Waals surface area contributed by atoms with Gasteiger partial charge in [-0.2, -0.15) is 0 Å². The van der Waals surface area contributed by atoms with Gasteiger partial charge in [0, 0.05) is 46.2 Å². The van der Waals surface area contributed by atoms with Crippen molar-refractivity contribution in [1.29, 1.82) is 0 Å². The second-order valence-corrected chi connectivity index (χ2v) is 13.5. The third kappa shape index (κ3) is 4.94. The molecule has 1 aromatic carbocycles. The molecule has 2 atom stereocenters. The predicted molar refractivity (Wildman–Crippen MR) is 171 cm³/mol. The van der Waals surface area contributed by atoms with Crippen molar-refractivity contribution >= 4 is 33.1 Å². The number of anilines is 1. The Kier molecular flexibility index (Phi) is 7.17. The van der Waals surface area contributed by atoms with Crippen LogP contribution in [-0.4, -0.2) is 26.0 Å². The minimum Gasteiger partial charge on any atom is -0.392 e. The van der Waals surface area contributed by atoms with E-state index in [1.165, 1.54) is 17.7 Å². The van der Waals surface area contributed by atoms with Gasteiger partial charge in [-0.15, -0.1) is 11.3 Å². The van der Waals surface area contributed by atoms with E-state index in [0.29, 0.717) is 35.6 Å². The van der Waals surface area contributed by atoms with Crippen molar-refractivity contribution in [2.24, 2.45) is 5.92 Å². The summed E-state index contributed by atoms with van der Waals surface area (Å²) in [5.74, 6) is 0.564. The van der Waals surface area contributed by atoms with Crippen molar-refractivity contribution in [1.82, 2.24) is 20.3 Å². The lowest BCUT2D eigenvalue weighted by Crippen LogP contribution is -2.39. The highest BCUT2D eigenvalue weighted by atomic mass is 32.1. The summed E-state index contributed by atoms with van der Waals surface area (Å²) in [5, 5.41) is 18.6. The van der Waals surface area contributed by atoms with Gasteiger partial charge in [0.05, 0.1) is 34.1 Å². The van der Waals surface area contributed by atoms with E-state index in [1.807, 2.05) is 25.3 Å². The standard InChI is InChI=1S/C35H34FN5O2S/c1-19(2)15-27-24(18-42)29(30-32(39-27)35(3,41-34(30)43)17-20-6-8-22(36)9-7-20)28-16-21-12-14-38-33(31(21)44-28)40-26-11-10-25-23(26)5-4-13-37-25/h4-9,12-14,16,19,26,42H,10-11,15,17-18H2,1-3H3,(H,38,40)(H,41,43). The van der Waals surface area contributed by atoms with Crippen LogP contribution in [0.2, 0.25) is 0 Å². The number of pyridine rings is 3. The number of aryl methyl sites for hydroxylation is 1. The van der Waals surface area contributed by atoms with Gasteiger partial charge in [0.15, 0.2) is 0 Å². The van der Waals surface area contributed by atoms with Crippen LogP contribution in [0.1, 0.15) is 77.4 Å². The third-order valence-electron chi connectivity index (χ3n) is 8.72. The van der Waals surface area contributed by atoms with Crippen molar-refractivity contribution in [3.05, 3.63) is 106 Å². The highest BCUT2D eigenvalue weighted by molar-refractivity contribution is 7.22. The molecule has 1 aliphatic carbocycles. The molecule has 2 unspecified atom stereocenters. The van der Waals surface area contributed by atoms with E-state index >= 15 is 0 Å². The largest absolute Gasteiger partial charge is 0.392 e. The second kappa shape index (κ2) is 11.1. The van der Waals surface area contributed by atoms with E-state index < -0.39 is 5.54 Å². The Labute approximate surface area is 259 Å². The molecule has 7 rings (SSSR count). The number of rotatable bonds is 8. The Bertz CT molecular complexity index is 1900. The van der Waals surface area contributed by atoms with Crippen LogP contribution in [0.25, 0.3) is 20.5 Å². The van der Waals surface area contributed by atoms with Crippen LogP contribution < -0.4 is 10.6 Å². The zero-order valence-electron chi connectivity index (χ0n) is 24.9. The number of carbonyl (C=O) groups excluding carboxylic acids is 1. The SMILES string of the molecule is CC(C)Cc1nc2c(c(-c3cc4ccnc(NC5CCc6ncccc65)c4s3)c1CO)C(=O)NC2(C)Cc1ccc(F)cc1. The molecular weight excluding hydrogens is 573 g/mol. The van der Waals surface area contributed by atoms with E-state index in [1.54, 1.807) is 29.7 Å². The van der Waals surface area contributed by atoms with Crippen molar-refractivity contribution in [2.45, 2.75) is 64.6 Å². The fourth-order valence-electron chi connectivity index (χ4n) is 6.72. The Hall–Kier alpha value is -4.21. The molecule has 4 aromatic heterocycles. The smallest absolute Gasteiger partial charge is 0.254 e. The first-order valence-corrected chi connectivity index (χ1v) is 15.9. The molecule has 5 heterocycles. The number of thiophene rings is 1. The van der Waals surface area contributed by atoms with Crippen molar-refractivity contribution in [3.8, 4) is 10.4 Å². The minimum absolute atomic E-state index is 0.121. The van der Waals surface area contributed by atoms with Gasteiger partial charge in [-0.05, 0) is 78.9 Å². The molecule has 224 valence electrons. The van der Waals surface area contributed by atoms with E-state index in [0.717, 1.165) is 56.1 Å². The van der Waals surface area contributed by atoms with Gasteiger partial charge in [-0.1, -0.05) is 32.0 Å². The van der Waals surface area contributed by atoms with Crippen molar-refractivity contribution in [2.75, 3.05) is 5.32 Å². The quantitative estimate of drug-likeness (QED) is 0.178. The number of fused-ring (bicyclic) bond motifs is 3. The molecule has 0 bridgehead atoms. The van der Waals surface area contributed by atoms with Gasteiger partial charge < -0.3 is 15.7 Å². The number of carbonyl (C=O) groups is 1. The number of hydrogen-bond acceptors (Lipinski definition) is 7. The third-order valence-corrected chi connectivity index (χ3v) is 9.89. The lowest BCUT2D eigenvalue weighted by Gasteiger charge is -2.26. The first kappa shape index (κ1) is 28.6. The molecule has 9 heteroatoms. The molecule has 0 fully saturated rings. The van der Waals surface area contributed by atoms with Gasteiger partial charge in [0.1, 0.15) is 11.6 Å². The maximum atomic E-state index is 13.8. The summed E-state index contributed by atoms with van der Waals surface area (Å²) >= 11 is 1.57. The van der Waals surface area contributed by atoms with Crippen LogP contribution >= 0.6 is 11.3 Å². The van der Waals surface area contributed by atoms with Crippen LogP contribution in [0.5, 0.6) is 0 Å². The monoisotopic (exact) mass is 607 g/mol. The summed E-state index contributed by atoms with van der Waals surface area (Å²) < 4.78 is 14.7. The fourth-order valence-corrected chi connectivity index (χ4v) is 7.91. The van der Waals surface area contributed by atoms with E-state index in [2.05, 4.69) is 41.6 Å². The zero-order valence-corrected chi connectivity index (χ0v) is 25.8. The van der Waals surface area contributed by atoms with Crippen LogP contribution in [0.15, 0.2) is 60.9 Å². The van der Waals surface area contributed by atoms with Gasteiger partial charge >= 0.3 is 0 Å². The topological polar surface area (TPSA) is 100 Å². The first-order chi connectivity index (χ1) is 21.2. The van der Waals surface area contributed by atoms with Crippen LogP contribution in [0, 0.1) is 11.7 Å². The lowest BCUT2D eigenvalue weighted by atomic mass is 9.86. The van der Waals surface area contributed by atoms with Gasteiger partial charge in [-0.25, -0.2) is 9.37 Å². The van der Waals surface area contributed by atoms with Gasteiger partial charge in [0.2, 0.25) is 0 Å². The lowest BCUT2D eigenvalue weighted by molar-refractivity contribution is 0.0935. The van der Waals surface area contributed by atoms with E-state index in [9.17, 15) is 14.3 Å². The number of nitrogens with zero attached hydrogens (tertiary/aromatic N) is 3. The molecule has 0 saturated carbocycles. The molecule has 1 aliphatic heterocycles. The summed E-state index contributed by atoms with van der Waals surface area (Å²) in [6, 6.07) is 14.7. The number of aliphatic hydroxyl groups is 1. The normalized spacial score (nSPS) is 19.0. The summed E-state index contributed by atoms with van der Waals surface area (Å²) in [7, 11) is 0. The molecule has 3 N–H and O–H groups in total. The fraction of sp³-hybridized carbons (Fsp3) is 0.314. The highest BCUT2D eigenvalue weighted by Gasteiger charge is 2.44. The van der Waals surface area contributed by atoms with E-state index in [-0.39, 0.29) is 24.4 Å². The average molecular weight is 608 g/mol. The molecular formula is C35H34FN5O2S. The number of aliphatic hydroxyl groups excluding tert-OH is 1. The Morgan fingerprint density at radius 2 is 1.95 bits per heavy atom. The molecule has 0 spiro atoms. The van der Waals surface area contributed by atoms with Gasteiger partial charge in [0.25, 0.3) is 5.91 Å². The molecule has 0 saturated heterocycles. The summed E-state index contributed by atoms with van der Waals surface area (Å²) in [4.78, 5) is 29.1. The summed E-state index contributed by atoms with van der Waals surface area (Å²) in [6.45, 7) is 5.98. The van der Waals surface area contributed by atoms with Crippen molar-refractivity contribution in [3.63, 3.8) is 0 Å². The highest BCUT2D eigenvalue weighted by Crippen LogP contribution is 2.46. The summed E-state index contributed by atoms with van der Waals surface area (Å²) in [5.41, 5.74) is 5.79. The number of halogens is 1. The zero-order chi connectivity index (χ0) is 30.6. The van der Waals surface area contributed by atoms with Crippen LogP contribution in [0.4, 0.5) is 10.2 Å². The van der Waals surface area contributed by atoms with E-state index in [4.69, 9.17) is 9.97 Å². The maximum absolute atomic E-state index is 13.8. The Balaban J connectivity index is 1.36. The van der Waals surface area contributed by atoms with Crippen LogP contribution in [0.3, 0.4) is 0 Å².